The number of amides is 1. The molecule has 6 nitrogen and oxygen atoms in total. The molecule has 2 rings (SSSR count). The van der Waals surface area contributed by atoms with Gasteiger partial charge in [0.25, 0.3) is 0 Å². The van der Waals surface area contributed by atoms with Crippen LogP contribution in [0.3, 0.4) is 0 Å². The molecule has 1 aromatic rings. The van der Waals surface area contributed by atoms with Gasteiger partial charge in [-0.2, -0.15) is 0 Å². The monoisotopic (exact) mass is 249 g/mol. The predicted octanol–water partition coefficient (Wildman–Crippen LogP) is 0.756. The Kier molecular flexibility index (Phi) is 3.78. The first-order valence-corrected chi connectivity index (χ1v) is 5.68. The van der Waals surface area contributed by atoms with Crippen molar-refractivity contribution in [3.05, 3.63) is 29.8 Å². The molecule has 1 atom stereocenters. The van der Waals surface area contributed by atoms with E-state index >= 15 is 0 Å². The van der Waals surface area contributed by atoms with Gasteiger partial charge in [0.2, 0.25) is 5.91 Å². The first kappa shape index (κ1) is 12.4. The maximum atomic E-state index is 11.9. The van der Waals surface area contributed by atoms with Crippen LogP contribution in [-0.2, 0) is 9.53 Å². The molecule has 1 aromatic carbocycles. The molecular formula is C12H15N3O3. The lowest BCUT2D eigenvalue weighted by Crippen LogP contribution is -2.25. The second kappa shape index (κ2) is 5.50. The topological polar surface area (TPSA) is 96.9 Å². The quantitative estimate of drug-likeness (QED) is 0.319. The number of carbonyl (C=O) groups excluding carboxylic acids is 1. The van der Waals surface area contributed by atoms with Gasteiger partial charge in [0.05, 0.1) is 18.2 Å². The van der Waals surface area contributed by atoms with E-state index < -0.39 is 0 Å². The Morgan fingerprint density at radius 2 is 2.28 bits per heavy atom. The number of rotatable bonds is 3. The van der Waals surface area contributed by atoms with E-state index in [1.165, 1.54) is 0 Å². The van der Waals surface area contributed by atoms with Crippen LogP contribution in [0, 0.1) is 5.92 Å². The molecule has 1 aliphatic rings. The number of benzene rings is 1. The zero-order valence-electron chi connectivity index (χ0n) is 9.80. The van der Waals surface area contributed by atoms with Crippen LogP contribution in [0.25, 0.3) is 0 Å². The van der Waals surface area contributed by atoms with Crippen molar-refractivity contribution in [2.24, 2.45) is 16.8 Å². The molecule has 18 heavy (non-hydrogen) atoms. The zero-order valence-corrected chi connectivity index (χ0v) is 9.80. The highest BCUT2D eigenvalue weighted by Gasteiger charge is 2.24. The number of nitrogens with one attached hydrogen (secondary N) is 1. The molecule has 0 saturated carbocycles. The molecular weight excluding hydrogens is 234 g/mol. The third-order valence-corrected chi connectivity index (χ3v) is 2.87. The number of anilines is 1. The number of amidine groups is 1. The number of nitrogens with zero attached hydrogens (tertiary/aromatic N) is 1. The summed E-state index contributed by atoms with van der Waals surface area (Å²) >= 11 is 0. The van der Waals surface area contributed by atoms with Crippen molar-refractivity contribution >= 4 is 17.4 Å². The van der Waals surface area contributed by atoms with Crippen LogP contribution in [0.5, 0.6) is 0 Å². The molecule has 0 radical (unpaired) electrons. The van der Waals surface area contributed by atoms with Crippen molar-refractivity contribution in [1.82, 2.24) is 0 Å². The molecule has 1 amide bonds. The van der Waals surface area contributed by atoms with Crippen LogP contribution in [0.15, 0.2) is 29.4 Å². The fourth-order valence-electron chi connectivity index (χ4n) is 1.85. The number of para-hydroxylation sites is 1. The van der Waals surface area contributed by atoms with Crippen molar-refractivity contribution in [3.63, 3.8) is 0 Å². The summed E-state index contributed by atoms with van der Waals surface area (Å²) in [6, 6.07) is 6.91. The SMILES string of the molecule is N/C(=N/O)c1ccccc1NC(=O)C1CCOC1. The Morgan fingerprint density at radius 1 is 1.50 bits per heavy atom. The van der Waals surface area contributed by atoms with E-state index in [4.69, 9.17) is 15.7 Å². The number of oxime groups is 1. The van der Waals surface area contributed by atoms with Gasteiger partial charge in [0.15, 0.2) is 5.84 Å². The average Bonchev–Trinajstić information content (AvgIpc) is 2.92. The maximum Gasteiger partial charge on any atom is 0.229 e. The molecule has 96 valence electrons. The minimum atomic E-state index is -0.134. The summed E-state index contributed by atoms with van der Waals surface area (Å²) in [5.74, 6) is -0.274. The normalized spacial score (nSPS) is 19.8. The molecule has 6 heteroatoms. The van der Waals surface area contributed by atoms with Crippen LogP contribution in [-0.4, -0.2) is 30.2 Å². The highest BCUT2D eigenvalue weighted by molar-refractivity contribution is 6.05. The summed E-state index contributed by atoms with van der Waals surface area (Å²) in [6.07, 6.45) is 0.720. The summed E-state index contributed by atoms with van der Waals surface area (Å²) in [5, 5.41) is 14.4. The minimum absolute atomic E-state index is 0.0337. The molecule has 0 aliphatic carbocycles. The first-order chi connectivity index (χ1) is 8.72. The molecule has 1 unspecified atom stereocenters. The fraction of sp³-hybridized carbons (Fsp3) is 0.333. The van der Waals surface area contributed by atoms with Gasteiger partial charge in [-0.05, 0) is 18.6 Å². The van der Waals surface area contributed by atoms with Crippen LogP contribution in [0.4, 0.5) is 5.69 Å². The summed E-state index contributed by atoms with van der Waals surface area (Å²) in [6.45, 7) is 1.05. The third kappa shape index (κ3) is 2.60. The standard InChI is InChI=1S/C12H15N3O3/c13-11(15-17)9-3-1-2-4-10(9)14-12(16)8-5-6-18-7-8/h1-4,8,17H,5-7H2,(H2,13,15)(H,14,16). The number of nitrogens with two attached hydrogens (primary N) is 1. The van der Waals surface area contributed by atoms with Gasteiger partial charge in [0, 0.05) is 12.2 Å². The van der Waals surface area contributed by atoms with Crippen molar-refractivity contribution in [2.75, 3.05) is 18.5 Å². The van der Waals surface area contributed by atoms with Crippen molar-refractivity contribution in [3.8, 4) is 0 Å². The average molecular weight is 249 g/mol. The van der Waals surface area contributed by atoms with Crippen LogP contribution < -0.4 is 11.1 Å². The lowest BCUT2D eigenvalue weighted by molar-refractivity contribution is -0.119. The highest BCUT2D eigenvalue weighted by Crippen LogP contribution is 2.19. The molecule has 0 spiro atoms. The van der Waals surface area contributed by atoms with E-state index in [0.717, 1.165) is 6.42 Å². The summed E-state index contributed by atoms with van der Waals surface area (Å²) < 4.78 is 5.17. The Bertz CT molecular complexity index is 467. The van der Waals surface area contributed by atoms with Gasteiger partial charge in [0.1, 0.15) is 0 Å². The van der Waals surface area contributed by atoms with Gasteiger partial charge in [-0.1, -0.05) is 17.3 Å². The van der Waals surface area contributed by atoms with Gasteiger partial charge < -0.3 is 21.0 Å². The second-order valence-electron chi connectivity index (χ2n) is 4.08. The summed E-state index contributed by atoms with van der Waals surface area (Å²) in [7, 11) is 0. The van der Waals surface area contributed by atoms with E-state index in [2.05, 4.69) is 10.5 Å². The molecule has 1 saturated heterocycles. The summed E-state index contributed by atoms with van der Waals surface area (Å²) in [4.78, 5) is 11.9. The minimum Gasteiger partial charge on any atom is -0.409 e. The fourth-order valence-corrected chi connectivity index (χ4v) is 1.85. The zero-order chi connectivity index (χ0) is 13.0. The van der Waals surface area contributed by atoms with Gasteiger partial charge in [-0.3, -0.25) is 4.79 Å². The number of hydrogen-bond acceptors (Lipinski definition) is 4. The Hall–Kier alpha value is -2.08. The second-order valence-corrected chi connectivity index (χ2v) is 4.08. The Labute approximate surface area is 104 Å². The molecule has 1 heterocycles. The van der Waals surface area contributed by atoms with Gasteiger partial charge in [-0.25, -0.2) is 0 Å². The van der Waals surface area contributed by atoms with Crippen molar-refractivity contribution in [2.45, 2.75) is 6.42 Å². The van der Waals surface area contributed by atoms with Gasteiger partial charge >= 0.3 is 0 Å². The number of ether oxygens (including phenoxy) is 1. The molecule has 0 aromatic heterocycles. The lowest BCUT2D eigenvalue weighted by Gasteiger charge is -2.12. The van der Waals surface area contributed by atoms with Crippen LogP contribution >= 0.6 is 0 Å². The number of carbonyl (C=O) groups is 1. The number of hydrogen-bond donors (Lipinski definition) is 3. The van der Waals surface area contributed by atoms with E-state index in [1.54, 1.807) is 24.3 Å². The van der Waals surface area contributed by atoms with E-state index in [-0.39, 0.29) is 17.7 Å². The van der Waals surface area contributed by atoms with E-state index in [0.29, 0.717) is 24.5 Å². The first-order valence-electron chi connectivity index (χ1n) is 5.68. The maximum absolute atomic E-state index is 11.9. The van der Waals surface area contributed by atoms with Crippen molar-refractivity contribution < 1.29 is 14.7 Å². The smallest absolute Gasteiger partial charge is 0.229 e. The van der Waals surface area contributed by atoms with Crippen LogP contribution in [0.2, 0.25) is 0 Å². The lowest BCUT2D eigenvalue weighted by atomic mass is 10.1. The van der Waals surface area contributed by atoms with Crippen molar-refractivity contribution in [1.29, 1.82) is 0 Å². The van der Waals surface area contributed by atoms with Gasteiger partial charge in [-0.15, -0.1) is 0 Å². The molecule has 0 bridgehead atoms. The Balaban J connectivity index is 2.15. The summed E-state index contributed by atoms with van der Waals surface area (Å²) in [5.41, 5.74) is 6.57. The molecule has 1 aliphatic heterocycles. The van der Waals surface area contributed by atoms with E-state index in [9.17, 15) is 4.79 Å². The Morgan fingerprint density at radius 3 is 2.94 bits per heavy atom. The van der Waals surface area contributed by atoms with E-state index in [1.807, 2.05) is 0 Å². The van der Waals surface area contributed by atoms with Crippen LogP contribution in [0.1, 0.15) is 12.0 Å². The highest BCUT2D eigenvalue weighted by atomic mass is 16.5. The predicted molar refractivity (Wildman–Crippen MR) is 66.5 cm³/mol. The molecule has 1 fully saturated rings. The third-order valence-electron chi connectivity index (χ3n) is 2.87. The largest absolute Gasteiger partial charge is 0.409 e. The molecule has 4 N–H and O–H groups in total.